The van der Waals surface area contributed by atoms with Crippen molar-refractivity contribution in [2.75, 3.05) is 4.90 Å². The highest BCUT2D eigenvalue weighted by Gasteiger charge is 2.47. The maximum absolute atomic E-state index is 13.7. The maximum atomic E-state index is 13.7. The van der Waals surface area contributed by atoms with Gasteiger partial charge in [-0.1, -0.05) is 35.3 Å². The molecule has 3 aromatic rings. The standard InChI is InChI=1S/C22H13Cl2FN2O3/c23-14-3-1-2-13(10-14)20(28)18-19(12-6-8-26-9-7-12)27(22(30)21(18)29)15-4-5-17(25)16(24)11-15/h1-11,19,28H/b20-18+. The zero-order valence-electron chi connectivity index (χ0n) is 15.2. The van der Waals surface area contributed by atoms with Crippen molar-refractivity contribution in [3.8, 4) is 0 Å². The summed E-state index contributed by atoms with van der Waals surface area (Å²) < 4.78 is 13.7. The minimum atomic E-state index is -0.964. The summed E-state index contributed by atoms with van der Waals surface area (Å²) in [7, 11) is 0. The SMILES string of the molecule is O=C1C(=O)N(c2ccc(F)c(Cl)c2)C(c2ccncc2)/C1=C(\O)c1cccc(Cl)c1. The van der Waals surface area contributed by atoms with Gasteiger partial charge < -0.3 is 5.11 Å². The number of nitrogens with zero attached hydrogens (tertiary/aromatic N) is 2. The second-order valence-corrected chi connectivity index (χ2v) is 7.40. The molecule has 0 bridgehead atoms. The Hall–Kier alpha value is -3.22. The summed E-state index contributed by atoms with van der Waals surface area (Å²) in [5, 5.41) is 11.1. The number of aromatic nitrogens is 1. The van der Waals surface area contributed by atoms with Gasteiger partial charge in [0.05, 0.1) is 16.6 Å². The van der Waals surface area contributed by atoms with Gasteiger partial charge in [0.15, 0.2) is 0 Å². The summed E-state index contributed by atoms with van der Waals surface area (Å²) in [6, 6.07) is 12.3. The Morgan fingerprint density at radius 1 is 1.03 bits per heavy atom. The number of carbonyl (C=O) groups excluding carboxylic acids is 2. The van der Waals surface area contributed by atoms with Gasteiger partial charge in [-0.15, -0.1) is 0 Å². The first-order chi connectivity index (χ1) is 14.4. The molecule has 1 saturated heterocycles. The van der Waals surface area contributed by atoms with E-state index in [9.17, 15) is 19.1 Å². The topological polar surface area (TPSA) is 70.5 Å². The summed E-state index contributed by atoms with van der Waals surface area (Å²) in [4.78, 5) is 31.1. The highest BCUT2D eigenvalue weighted by molar-refractivity contribution is 6.51. The second-order valence-electron chi connectivity index (χ2n) is 6.56. The molecular weight excluding hydrogens is 430 g/mol. The Morgan fingerprint density at radius 3 is 2.43 bits per heavy atom. The number of aliphatic hydroxyl groups is 1. The molecule has 0 saturated carbocycles. The zero-order valence-corrected chi connectivity index (χ0v) is 16.7. The van der Waals surface area contributed by atoms with Crippen molar-refractivity contribution in [3.63, 3.8) is 0 Å². The highest BCUT2D eigenvalue weighted by atomic mass is 35.5. The monoisotopic (exact) mass is 442 g/mol. The summed E-state index contributed by atoms with van der Waals surface area (Å²) in [6.07, 6.45) is 3.01. The predicted molar refractivity (Wildman–Crippen MR) is 112 cm³/mol. The fourth-order valence-electron chi connectivity index (χ4n) is 3.39. The van der Waals surface area contributed by atoms with Crippen LogP contribution in [0, 0.1) is 5.82 Å². The molecule has 5 nitrogen and oxygen atoms in total. The Balaban J connectivity index is 1.96. The van der Waals surface area contributed by atoms with Crippen molar-refractivity contribution in [2.45, 2.75) is 6.04 Å². The molecule has 1 unspecified atom stereocenters. The number of amides is 1. The molecule has 1 amide bonds. The third kappa shape index (κ3) is 3.44. The van der Waals surface area contributed by atoms with E-state index in [0.29, 0.717) is 10.6 Å². The third-order valence-electron chi connectivity index (χ3n) is 4.75. The van der Waals surface area contributed by atoms with Gasteiger partial charge >= 0.3 is 0 Å². The molecule has 0 aliphatic carbocycles. The van der Waals surface area contributed by atoms with E-state index >= 15 is 0 Å². The van der Waals surface area contributed by atoms with Gasteiger partial charge in [-0.05, 0) is 48.0 Å². The van der Waals surface area contributed by atoms with Gasteiger partial charge in [-0.3, -0.25) is 19.5 Å². The minimum Gasteiger partial charge on any atom is -0.507 e. The lowest BCUT2D eigenvalue weighted by atomic mass is 9.96. The number of ketones is 1. The summed E-state index contributed by atoms with van der Waals surface area (Å²) >= 11 is 11.9. The largest absolute Gasteiger partial charge is 0.507 e. The molecule has 2 heterocycles. The van der Waals surface area contributed by atoms with Crippen molar-refractivity contribution < 1.29 is 19.1 Å². The maximum Gasteiger partial charge on any atom is 0.300 e. The van der Waals surface area contributed by atoms with Crippen LogP contribution in [0.5, 0.6) is 0 Å². The van der Waals surface area contributed by atoms with Crippen molar-refractivity contribution in [1.82, 2.24) is 4.98 Å². The number of pyridine rings is 1. The molecule has 0 spiro atoms. The lowest BCUT2D eigenvalue weighted by Crippen LogP contribution is -2.29. The predicted octanol–water partition coefficient (Wildman–Crippen LogP) is 5.15. The molecule has 4 rings (SSSR count). The van der Waals surface area contributed by atoms with E-state index in [-0.39, 0.29) is 27.6 Å². The van der Waals surface area contributed by atoms with Crippen LogP contribution >= 0.6 is 23.2 Å². The quantitative estimate of drug-likeness (QED) is 0.345. The molecule has 30 heavy (non-hydrogen) atoms. The lowest BCUT2D eigenvalue weighted by molar-refractivity contribution is -0.132. The minimum absolute atomic E-state index is 0.117. The molecule has 0 radical (unpaired) electrons. The number of Topliss-reactive ketones (excluding diaryl/α,β-unsaturated/α-hetero) is 1. The number of anilines is 1. The third-order valence-corrected chi connectivity index (χ3v) is 5.27. The van der Waals surface area contributed by atoms with Crippen LogP contribution in [0.25, 0.3) is 5.76 Å². The Labute approximate surface area is 181 Å². The van der Waals surface area contributed by atoms with E-state index in [1.165, 1.54) is 35.5 Å². The first-order valence-electron chi connectivity index (χ1n) is 8.80. The highest BCUT2D eigenvalue weighted by Crippen LogP contribution is 2.42. The van der Waals surface area contributed by atoms with Crippen molar-refractivity contribution in [2.24, 2.45) is 0 Å². The number of rotatable bonds is 3. The van der Waals surface area contributed by atoms with Crippen LogP contribution in [-0.4, -0.2) is 21.8 Å². The van der Waals surface area contributed by atoms with Crippen molar-refractivity contribution in [3.05, 3.63) is 99.6 Å². The summed E-state index contributed by atoms with van der Waals surface area (Å²) in [5.41, 5.74) is 0.925. The average molecular weight is 443 g/mol. The Morgan fingerprint density at radius 2 is 1.77 bits per heavy atom. The van der Waals surface area contributed by atoms with E-state index in [0.717, 1.165) is 6.07 Å². The zero-order chi connectivity index (χ0) is 21.4. The fourth-order valence-corrected chi connectivity index (χ4v) is 3.75. The molecule has 150 valence electrons. The number of hydrogen-bond donors (Lipinski definition) is 1. The molecule has 1 atom stereocenters. The van der Waals surface area contributed by atoms with E-state index < -0.39 is 23.5 Å². The lowest BCUT2D eigenvalue weighted by Gasteiger charge is -2.25. The van der Waals surface area contributed by atoms with Crippen molar-refractivity contribution >= 4 is 46.3 Å². The number of benzene rings is 2. The normalized spacial score (nSPS) is 18.1. The van der Waals surface area contributed by atoms with E-state index in [4.69, 9.17) is 23.2 Å². The van der Waals surface area contributed by atoms with Crippen LogP contribution in [0.4, 0.5) is 10.1 Å². The number of carbonyl (C=O) groups is 2. The molecule has 1 aliphatic rings. The van der Waals surface area contributed by atoms with Gasteiger partial charge in [-0.2, -0.15) is 0 Å². The van der Waals surface area contributed by atoms with Crippen LogP contribution in [0.1, 0.15) is 17.2 Å². The molecule has 1 N–H and O–H groups in total. The average Bonchev–Trinajstić information content (AvgIpc) is 3.01. The van der Waals surface area contributed by atoms with Gasteiger partial charge in [0.2, 0.25) is 0 Å². The molecule has 2 aromatic carbocycles. The van der Waals surface area contributed by atoms with Crippen molar-refractivity contribution in [1.29, 1.82) is 0 Å². The molecule has 1 aliphatic heterocycles. The molecule has 8 heteroatoms. The Bertz CT molecular complexity index is 1200. The van der Waals surface area contributed by atoms with Gasteiger partial charge in [-0.25, -0.2) is 4.39 Å². The summed E-state index contributed by atoms with van der Waals surface area (Å²) in [5.74, 6) is -2.78. The van der Waals surface area contributed by atoms with Gasteiger partial charge in [0, 0.05) is 28.7 Å². The van der Waals surface area contributed by atoms with E-state index in [1.807, 2.05) is 0 Å². The summed E-state index contributed by atoms with van der Waals surface area (Å²) in [6.45, 7) is 0. The van der Waals surface area contributed by atoms with E-state index in [1.54, 1.807) is 30.3 Å². The van der Waals surface area contributed by atoms with Gasteiger partial charge in [0.1, 0.15) is 11.6 Å². The molecular formula is C22H13Cl2FN2O3. The first-order valence-corrected chi connectivity index (χ1v) is 9.56. The Kier molecular flexibility index (Phi) is 5.28. The van der Waals surface area contributed by atoms with Crippen LogP contribution in [0.2, 0.25) is 10.0 Å². The van der Waals surface area contributed by atoms with E-state index in [2.05, 4.69) is 4.98 Å². The number of aliphatic hydroxyl groups excluding tert-OH is 1. The number of halogens is 3. The molecule has 1 aromatic heterocycles. The smallest absolute Gasteiger partial charge is 0.300 e. The van der Waals surface area contributed by atoms with Crippen LogP contribution in [-0.2, 0) is 9.59 Å². The molecule has 1 fully saturated rings. The van der Waals surface area contributed by atoms with Crippen LogP contribution < -0.4 is 4.90 Å². The first kappa shape index (κ1) is 20.1. The number of hydrogen-bond acceptors (Lipinski definition) is 4. The van der Waals surface area contributed by atoms with Crippen LogP contribution in [0.15, 0.2) is 72.6 Å². The fraction of sp³-hybridized carbons (Fsp3) is 0.0455. The van der Waals surface area contributed by atoms with Gasteiger partial charge in [0.25, 0.3) is 11.7 Å². The van der Waals surface area contributed by atoms with Crippen LogP contribution in [0.3, 0.4) is 0 Å². The second kappa shape index (κ2) is 7.89.